The predicted octanol–water partition coefficient (Wildman–Crippen LogP) is 3.15. The van der Waals surface area contributed by atoms with E-state index in [1.165, 1.54) is 0 Å². The van der Waals surface area contributed by atoms with Crippen molar-refractivity contribution < 1.29 is 0 Å². The molecule has 0 saturated carbocycles. The molecular formula is C15H14N4. The van der Waals surface area contributed by atoms with Crippen molar-refractivity contribution in [2.75, 3.05) is 0 Å². The Morgan fingerprint density at radius 1 is 1.05 bits per heavy atom. The molecule has 1 N–H and O–H groups in total. The van der Waals surface area contributed by atoms with Crippen molar-refractivity contribution in [3.8, 4) is 22.6 Å². The second-order valence-electron chi connectivity index (χ2n) is 4.47. The van der Waals surface area contributed by atoms with Crippen LogP contribution in [-0.2, 0) is 0 Å². The number of pyridine rings is 2. The van der Waals surface area contributed by atoms with E-state index in [0.717, 1.165) is 34.0 Å². The summed E-state index contributed by atoms with van der Waals surface area (Å²) in [7, 11) is 0. The molecule has 0 aliphatic heterocycles. The Labute approximate surface area is 111 Å². The molecule has 0 spiro atoms. The van der Waals surface area contributed by atoms with Crippen LogP contribution in [0.1, 0.15) is 11.4 Å². The van der Waals surface area contributed by atoms with E-state index in [9.17, 15) is 0 Å². The first-order valence-electron chi connectivity index (χ1n) is 6.14. The summed E-state index contributed by atoms with van der Waals surface area (Å²) in [5.74, 6) is 0.806. The highest BCUT2D eigenvalue weighted by atomic mass is 15.0. The normalized spacial score (nSPS) is 10.6. The average molecular weight is 250 g/mol. The predicted molar refractivity (Wildman–Crippen MR) is 74.5 cm³/mol. The summed E-state index contributed by atoms with van der Waals surface area (Å²) < 4.78 is 0. The molecule has 3 aromatic heterocycles. The molecule has 94 valence electrons. The number of aryl methyl sites for hydroxylation is 2. The van der Waals surface area contributed by atoms with Crippen LogP contribution in [0.15, 0.2) is 42.9 Å². The Hall–Kier alpha value is -2.49. The van der Waals surface area contributed by atoms with Gasteiger partial charge in [-0.25, -0.2) is 4.98 Å². The van der Waals surface area contributed by atoms with Crippen LogP contribution in [0.3, 0.4) is 0 Å². The molecule has 3 rings (SSSR count). The highest BCUT2D eigenvalue weighted by molar-refractivity contribution is 5.67. The summed E-state index contributed by atoms with van der Waals surface area (Å²) in [6.07, 6.45) is 5.41. The number of aromatic amines is 1. The highest BCUT2D eigenvalue weighted by Gasteiger charge is 2.07. The van der Waals surface area contributed by atoms with Crippen LogP contribution in [0.2, 0.25) is 0 Å². The van der Waals surface area contributed by atoms with Crippen molar-refractivity contribution in [3.05, 3.63) is 54.2 Å². The molecule has 0 fully saturated rings. The van der Waals surface area contributed by atoms with Gasteiger partial charge in [0.25, 0.3) is 0 Å². The number of imidazole rings is 1. The van der Waals surface area contributed by atoms with Gasteiger partial charge < -0.3 is 4.98 Å². The molecule has 4 nitrogen and oxygen atoms in total. The highest BCUT2D eigenvalue weighted by Crippen LogP contribution is 2.22. The van der Waals surface area contributed by atoms with Crippen molar-refractivity contribution >= 4 is 0 Å². The van der Waals surface area contributed by atoms with E-state index >= 15 is 0 Å². The fourth-order valence-electron chi connectivity index (χ4n) is 1.94. The molecule has 0 aliphatic rings. The van der Waals surface area contributed by atoms with Crippen LogP contribution in [0.4, 0.5) is 0 Å². The summed E-state index contributed by atoms with van der Waals surface area (Å²) in [6, 6.07) is 7.96. The summed E-state index contributed by atoms with van der Waals surface area (Å²) in [6.45, 7) is 4.00. The second kappa shape index (κ2) is 4.65. The van der Waals surface area contributed by atoms with E-state index in [-0.39, 0.29) is 0 Å². The van der Waals surface area contributed by atoms with E-state index in [1.54, 1.807) is 12.4 Å². The van der Waals surface area contributed by atoms with Gasteiger partial charge in [-0.1, -0.05) is 6.07 Å². The molecule has 0 aliphatic carbocycles. The Bertz CT molecular complexity index is 682. The molecule has 3 heterocycles. The minimum Gasteiger partial charge on any atom is -0.341 e. The molecule has 0 radical (unpaired) electrons. The number of nitrogens with zero attached hydrogens (tertiary/aromatic N) is 3. The molecule has 3 aromatic rings. The van der Waals surface area contributed by atoms with E-state index in [0.29, 0.717) is 0 Å². The Morgan fingerprint density at radius 2 is 1.95 bits per heavy atom. The van der Waals surface area contributed by atoms with E-state index in [1.807, 2.05) is 44.3 Å². The van der Waals surface area contributed by atoms with Gasteiger partial charge in [-0.15, -0.1) is 0 Å². The van der Waals surface area contributed by atoms with Gasteiger partial charge in [0.15, 0.2) is 5.82 Å². The lowest BCUT2D eigenvalue weighted by molar-refractivity contribution is 1.20. The molecular weight excluding hydrogens is 236 g/mol. The van der Waals surface area contributed by atoms with Crippen molar-refractivity contribution in [1.82, 2.24) is 19.9 Å². The van der Waals surface area contributed by atoms with Gasteiger partial charge in [0.2, 0.25) is 0 Å². The topological polar surface area (TPSA) is 54.5 Å². The third-order valence-electron chi connectivity index (χ3n) is 3.13. The van der Waals surface area contributed by atoms with Crippen molar-refractivity contribution in [2.45, 2.75) is 13.8 Å². The van der Waals surface area contributed by atoms with Crippen LogP contribution in [-0.4, -0.2) is 19.9 Å². The number of H-pyrrole nitrogens is 1. The van der Waals surface area contributed by atoms with E-state index in [2.05, 4.69) is 19.9 Å². The molecule has 0 bridgehead atoms. The zero-order chi connectivity index (χ0) is 13.2. The average Bonchev–Trinajstić information content (AvgIpc) is 2.80. The van der Waals surface area contributed by atoms with Gasteiger partial charge in [0, 0.05) is 29.8 Å². The maximum Gasteiger partial charge on any atom is 0.156 e. The van der Waals surface area contributed by atoms with Crippen molar-refractivity contribution in [1.29, 1.82) is 0 Å². The van der Waals surface area contributed by atoms with Gasteiger partial charge in [-0.05, 0) is 37.6 Å². The lowest BCUT2D eigenvalue weighted by Gasteiger charge is -2.02. The molecule has 0 amide bonds. The van der Waals surface area contributed by atoms with Gasteiger partial charge in [-0.3, -0.25) is 9.97 Å². The lowest BCUT2D eigenvalue weighted by Crippen LogP contribution is -1.87. The van der Waals surface area contributed by atoms with Crippen molar-refractivity contribution in [2.24, 2.45) is 0 Å². The molecule has 0 aromatic carbocycles. The molecule has 4 heteroatoms. The molecule has 19 heavy (non-hydrogen) atoms. The largest absolute Gasteiger partial charge is 0.341 e. The van der Waals surface area contributed by atoms with Gasteiger partial charge in [-0.2, -0.15) is 0 Å². The molecule has 0 unspecified atom stereocenters. The summed E-state index contributed by atoms with van der Waals surface area (Å²) >= 11 is 0. The number of nitrogens with one attached hydrogen (secondary N) is 1. The zero-order valence-corrected chi connectivity index (χ0v) is 10.9. The quantitative estimate of drug-likeness (QED) is 0.760. The van der Waals surface area contributed by atoms with Gasteiger partial charge >= 0.3 is 0 Å². The monoisotopic (exact) mass is 250 g/mol. The Balaban J connectivity index is 2.05. The maximum absolute atomic E-state index is 4.48. The lowest BCUT2D eigenvalue weighted by atomic mass is 10.1. The van der Waals surface area contributed by atoms with Crippen LogP contribution in [0.5, 0.6) is 0 Å². The van der Waals surface area contributed by atoms with E-state index < -0.39 is 0 Å². The van der Waals surface area contributed by atoms with Crippen LogP contribution in [0.25, 0.3) is 22.6 Å². The van der Waals surface area contributed by atoms with Gasteiger partial charge in [0.1, 0.15) is 5.69 Å². The first kappa shape index (κ1) is 11.6. The Morgan fingerprint density at radius 3 is 2.63 bits per heavy atom. The minimum absolute atomic E-state index is 0.806. The van der Waals surface area contributed by atoms with Crippen molar-refractivity contribution in [3.63, 3.8) is 0 Å². The Kier molecular flexibility index (Phi) is 2.83. The molecule has 0 atom stereocenters. The van der Waals surface area contributed by atoms with Crippen LogP contribution >= 0.6 is 0 Å². The van der Waals surface area contributed by atoms with Gasteiger partial charge in [0.05, 0.1) is 5.69 Å². The van der Waals surface area contributed by atoms with E-state index in [4.69, 9.17) is 0 Å². The minimum atomic E-state index is 0.806. The fourth-order valence-corrected chi connectivity index (χ4v) is 1.94. The zero-order valence-electron chi connectivity index (χ0n) is 10.9. The number of aromatic nitrogens is 4. The third kappa shape index (κ3) is 2.25. The first-order valence-corrected chi connectivity index (χ1v) is 6.14. The summed E-state index contributed by atoms with van der Waals surface area (Å²) in [4.78, 5) is 16.2. The second-order valence-corrected chi connectivity index (χ2v) is 4.47. The smallest absolute Gasteiger partial charge is 0.156 e. The number of hydrogen-bond donors (Lipinski definition) is 1. The standard InChI is InChI=1S/C15H14N4/c1-10-11(2)19-15(18-10)14-8-12(5-7-17-14)13-4-3-6-16-9-13/h3-9H,1-2H3,(H,18,19). The summed E-state index contributed by atoms with van der Waals surface area (Å²) in [5, 5.41) is 0. The first-order chi connectivity index (χ1) is 9.24. The van der Waals surface area contributed by atoms with Crippen LogP contribution < -0.4 is 0 Å². The third-order valence-corrected chi connectivity index (χ3v) is 3.13. The van der Waals surface area contributed by atoms with Crippen LogP contribution in [0, 0.1) is 13.8 Å². The molecule has 0 saturated heterocycles. The summed E-state index contributed by atoms with van der Waals surface area (Å²) in [5.41, 5.74) is 5.08. The fraction of sp³-hybridized carbons (Fsp3) is 0.133. The maximum atomic E-state index is 4.48. The SMILES string of the molecule is Cc1nc(-c2cc(-c3cccnc3)ccn2)[nH]c1C. The number of rotatable bonds is 2. The number of hydrogen-bond acceptors (Lipinski definition) is 3.